The monoisotopic (exact) mass is 246 g/mol. The average molecular weight is 246 g/mol. The van der Waals surface area contributed by atoms with Crippen LogP contribution < -0.4 is 10.2 Å². The fourth-order valence-electron chi connectivity index (χ4n) is 2.74. The minimum Gasteiger partial charge on any atom is -0.373 e. The van der Waals surface area contributed by atoms with Gasteiger partial charge in [0.05, 0.1) is 0 Å². The Kier molecular flexibility index (Phi) is 4.28. The minimum atomic E-state index is 0.599. The number of likely N-dealkylation sites (N-methyl/N-ethyl adjacent to an activating group) is 1. The lowest BCUT2D eigenvalue weighted by Crippen LogP contribution is -2.35. The molecule has 0 aromatic heterocycles. The summed E-state index contributed by atoms with van der Waals surface area (Å²) in [7, 11) is 2.21. The molecule has 1 N–H and O–H groups in total. The van der Waals surface area contributed by atoms with E-state index < -0.39 is 0 Å². The lowest BCUT2D eigenvalue weighted by Gasteiger charge is -2.26. The summed E-state index contributed by atoms with van der Waals surface area (Å²) in [5, 5.41) is 3.57. The Morgan fingerprint density at radius 3 is 2.78 bits per heavy atom. The summed E-state index contributed by atoms with van der Waals surface area (Å²) in [6, 6.07) is 7.53. The highest BCUT2D eigenvalue weighted by Crippen LogP contribution is 2.25. The van der Waals surface area contributed by atoms with Gasteiger partial charge in [0, 0.05) is 25.3 Å². The van der Waals surface area contributed by atoms with Crippen molar-refractivity contribution < 1.29 is 0 Å². The van der Waals surface area contributed by atoms with Gasteiger partial charge in [-0.2, -0.15) is 0 Å². The number of anilines is 1. The van der Waals surface area contributed by atoms with E-state index in [0.717, 1.165) is 6.54 Å². The molecule has 0 saturated carbocycles. The quantitative estimate of drug-likeness (QED) is 0.877. The molecular weight excluding hydrogens is 220 g/mol. The summed E-state index contributed by atoms with van der Waals surface area (Å²) < 4.78 is 0. The molecule has 18 heavy (non-hydrogen) atoms. The second-order valence-electron chi connectivity index (χ2n) is 5.87. The molecule has 2 rings (SSSR count). The van der Waals surface area contributed by atoms with E-state index in [4.69, 9.17) is 0 Å². The number of nitrogens with one attached hydrogen (secondary N) is 1. The zero-order valence-corrected chi connectivity index (χ0v) is 12.2. The van der Waals surface area contributed by atoms with E-state index in [-0.39, 0.29) is 0 Å². The maximum Gasteiger partial charge on any atom is 0.0396 e. The molecule has 1 aliphatic rings. The van der Waals surface area contributed by atoms with E-state index in [1.165, 1.54) is 36.2 Å². The molecule has 0 radical (unpaired) electrons. The highest BCUT2D eigenvalue weighted by atomic mass is 15.1. The Morgan fingerprint density at radius 1 is 1.39 bits per heavy atom. The van der Waals surface area contributed by atoms with E-state index in [9.17, 15) is 0 Å². The summed E-state index contributed by atoms with van der Waals surface area (Å²) in [6.07, 6.45) is 2.64. The second-order valence-corrected chi connectivity index (χ2v) is 5.87. The van der Waals surface area contributed by atoms with Crippen molar-refractivity contribution in [3.8, 4) is 0 Å². The number of benzene rings is 1. The summed E-state index contributed by atoms with van der Waals surface area (Å²) >= 11 is 0. The molecule has 1 atom stereocenters. The van der Waals surface area contributed by atoms with Crippen LogP contribution in [0.1, 0.15) is 43.7 Å². The molecule has 2 heteroatoms. The number of aryl methyl sites for hydroxylation is 1. The number of nitrogens with zero attached hydrogens (tertiary/aromatic N) is 1. The third-order valence-electron chi connectivity index (χ3n) is 3.97. The maximum absolute atomic E-state index is 3.57. The highest BCUT2D eigenvalue weighted by Gasteiger charge is 2.17. The van der Waals surface area contributed by atoms with Crippen molar-refractivity contribution in [2.45, 2.75) is 45.6 Å². The molecule has 1 aliphatic heterocycles. The lowest BCUT2D eigenvalue weighted by atomic mass is 10.00. The molecule has 1 aromatic rings. The fourth-order valence-corrected chi connectivity index (χ4v) is 2.74. The molecular formula is C16H26N2. The first-order valence-electron chi connectivity index (χ1n) is 7.13. The van der Waals surface area contributed by atoms with E-state index in [2.05, 4.69) is 56.2 Å². The molecule has 1 aromatic carbocycles. The van der Waals surface area contributed by atoms with Crippen LogP contribution in [0.5, 0.6) is 0 Å². The van der Waals surface area contributed by atoms with Crippen LogP contribution in [-0.2, 0) is 0 Å². The van der Waals surface area contributed by atoms with Gasteiger partial charge in [-0.05, 0) is 49.4 Å². The maximum atomic E-state index is 3.57. The average Bonchev–Trinajstić information content (AvgIpc) is 2.81. The van der Waals surface area contributed by atoms with Gasteiger partial charge >= 0.3 is 0 Å². The van der Waals surface area contributed by atoms with E-state index in [1.54, 1.807) is 0 Å². The van der Waals surface area contributed by atoms with Gasteiger partial charge in [0.1, 0.15) is 0 Å². The summed E-state index contributed by atoms with van der Waals surface area (Å²) in [5.74, 6) is 0.599. The van der Waals surface area contributed by atoms with Crippen LogP contribution in [0.25, 0.3) is 0 Å². The van der Waals surface area contributed by atoms with Crippen molar-refractivity contribution in [2.75, 3.05) is 25.0 Å². The molecule has 0 amide bonds. The first-order chi connectivity index (χ1) is 8.58. The van der Waals surface area contributed by atoms with Gasteiger partial charge in [0.25, 0.3) is 0 Å². The molecule has 0 aliphatic carbocycles. The standard InChI is InChI=1S/C16H26N2/c1-12(2)14-8-7-13(3)16(10-14)18(4)11-15-6-5-9-17-15/h7-8,10,12,15,17H,5-6,9,11H2,1-4H3. The van der Waals surface area contributed by atoms with Crippen LogP contribution in [0.15, 0.2) is 18.2 Å². The van der Waals surface area contributed by atoms with Gasteiger partial charge in [-0.15, -0.1) is 0 Å². The van der Waals surface area contributed by atoms with Crippen molar-refractivity contribution >= 4 is 5.69 Å². The predicted octanol–water partition coefficient (Wildman–Crippen LogP) is 3.31. The lowest BCUT2D eigenvalue weighted by molar-refractivity contribution is 0.599. The fraction of sp³-hybridized carbons (Fsp3) is 0.625. The Hall–Kier alpha value is -1.02. The van der Waals surface area contributed by atoms with Crippen molar-refractivity contribution in [3.05, 3.63) is 29.3 Å². The summed E-state index contributed by atoms with van der Waals surface area (Å²) in [5.41, 5.74) is 4.19. The smallest absolute Gasteiger partial charge is 0.0396 e. The summed E-state index contributed by atoms with van der Waals surface area (Å²) in [6.45, 7) is 9.02. The van der Waals surface area contributed by atoms with Crippen LogP contribution in [0.2, 0.25) is 0 Å². The van der Waals surface area contributed by atoms with Gasteiger partial charge in [0.15, 0.2) is 0 Å². The van der Waals surface area contributed by atoms with Crippen LogP contribution in [0.3, 0.4) is 0 Å². The van der Waals surface area contributed by atoms with Crippen molar-refractivity contribution in [1.29, 1.82) is 0 Å². The zero-order chi connectivity index (χ0) is 13.1. The topological polar surface area (TPSA) is 15.3 Å². The third-order valence-corrected chi connectivity index (χ3v) is 3.97. The van der Waals surface area contributed by atoms with Crippen LogP contribution >= 0.6 is 0 Å². The van der Waals surface area contributed by atoms with Crippen molar-refractivity contribution in [3.63, 3.8) is 0 Å². The molecule has 100 valence electrons. The van der Waals surface area contributed by atoms with Gasteiger partial charge in [-0.1, -0.05) is 26.0 Å². The Balaban J connectivity index is 2.12. The normalized spacial score (nSPS) is 19.5. The van der Waals surface area contributed by atoms with Crippen LogP contribution in [0, 0.1) is 6.92 Å². The van der Waals surface area contributed by atoms with E-state index in [1.807, 2.05) is 0 Å². The molecule has 1 saturated heterocycles. The third kappa shape index (κ3) is 3.05. The van der Waals surface area contributed by atoms with Crippen LogP contribution in [-0.4, -0.2) is 26.2 Å². The Bertz CT molecular complexity index is 392. The Morgan fingerprint density at radius 2 is 2.17 bits per heavy atom. The SMILES string of the molecule is Cc1ccc(C(C)C)cc1N(C)CC1CCCN1. The predicted molar refractivity (Wildman–Crippen MR) is 79.6 cm³/mol. The van der Waals surface area contributed by atoms with Crippen LogP contribution in [0.4, 0.5) is 5.69 Å². The number of rotatable bonds is 4. The van der Waals surface area contributed by atoms with Gasteiger partial charge in [0.2, 0.25) is 0 Å². The molecule has 1 fully saturated rings. The molecule has 0 spiro atoms. The van der Waals surface area contributed by atoms with Gasteiger partial charge in [-0.25, -0.2) is 0 Å². The minimum absolute atomic E-state index is 0.599. The number of hydrogen-bond acceptors (Lipinski definition) is 2. The zero-order valence-electron chi connectivity index (χ0n) is 12.2. The summed E-state index contributed by atoms with van der Waals surface area (Å²) in [4.78, 5) is 2.41. The molecule has 1 heterocycles. The first-order valence-corrected chi connectivity index (χ1v) is 7.13. The first kappa shape index (κ1) is 13.4. The number of hydrogen-bond donors (Lipinski definition) is 1. The van der Waals surface area contributed by atoms with E-state index >= 15 is 0 Å². The van der Waals surface area contributed by atoms with Crippen molar-refractivity contribution in [2.24, 2.45) is 0 Å². The second kappa shape index (κ2) is 5.75. The Labute approximate surface area is 111 Å². The van der Waals surface area contributed by atoms with Crippen molar-refractivity contribution in [1.82, 2.24) is 5.32 Å². The highest BCUT2D eigenvalue weighted by molar-refractivity contribution is 5.55. The van der Waals surface area contributed by atoms with Gasteiger partial charge < -0.3 is 10.2 Å². The van der Waals surface area contributed by atoms with Gasteiger partial charge in [-0.3, -0.25) is 0 Å². The van der Waals surface area contributed by atoms with E-state index in [0.29, 0.717) is 12.0 Å². The molecule has 0 bridgehead atoms. The molecule has 2 nitrogen and oxygen atoms in total. The molecule has 1 unspecified atom stereocenters. The largest absolute Gasteiger partial charge is 0.373 e.